The first kappa shape index (κ1) is 18.3. The Labute approximate surface area is 146 Å². The lowest BCUT2D eigenvalue weighted by Gasteiger charge is -2.20. The number of hydrogen-bond acceptors (Lipinski definition) is 6. The number of rotatable bonds is 5. The number of nitrogens with zero attached hydrogens (tertiary/aromatic N) is 1. The van der Waals surface area contributed by atoms with E-state index in [1.807, 2.05) is 6.92 Å². The summed E-state index contributed by atoms with van der Waals surface area (Å²) < 4.78 is 37.5. The van der Waals surface area contributed by atoms with Gasteiger partial charge in [0.15, 0.2) is 5.79 Å². The smallest absolute Gasteiger partial charge is 0.244 e. The van der Waals surface area contributed by atoms with E-state index in [0.717, 1.165) is 9.87 Å². The van der Waals surface area contributed by atoms with Crippen LogP contribution in [0.15, 0.2) is 29.2 Å². The van der Waals surface area contributed by atoms with E-state index in [2.05, 4.69) is 0 Å². The van der Waals surface area contributed by atoms with Crippen molar-refractivity contribution in [2.75, 3.05) is 6.61 Å². The first-order valence-electron chi connectivity index (χ1n) is 7.94. The molecule has 2 fully saturated rings. The number of aliphatic hydroxyl groups excluding tert-OH is 1. The number of carbonyl (C=O) groups is 1. The average molecular weight is 370 g/mol. The van der Waals surface area contributed by atoms with Crippen LogP contribution in [0.4, 0.5) is 0 Å². The minimum atomic E-state index is -3.95. The summed E-state index contributed by atoms with van der Waals surface area (Å²) >= 11 is 0. The van der Waals surface area contributed by atoms with Gasteiger partial charge in [-0.2, -0.15) is 4.31 Å². The maximum atomic E-state index is 12.8. The lowest BCUT2D eigenvalue weighted by atomic mass is 10.1. The lowest BCUT2D eigenvalue weighted by molar-refractivity contribution is -0.151. The Bertz CT molecular complexity index is 776. The van der Waals surface area contributed by atoms with Crippen molar-refractivity contribution in [1.29, 1.82) is 0 Å². The summed E-state index contributed by atoms with van der Waals surface area (Å²) in [6.07, 6.45) is -1.96. The minimum Gasteiger partial charge on any atom is -0.389 e. The summed E-state index contributed by atoms with van der Waals surface area (Å²) in [4.78, 5) is 11.7. The van der Waals surface area contributed by atoms with Crippen LogP contribution in [-0.2, 0) is 24.3 Å². The second-order valence-electron chi connectivity index (χ2n) is 6.84. The Kier molecular flexibility index (Phi) is 4.41. The van der Waals surface area contributed by atoms with E-state index in [4.69, 9.17) is 15.2 Å². The molecule has 0 saturated carbocycles. The molecule has 25 heavy (non-hydrogen) atoms. The highest BCUT2D eigenvalue weighted by molar-refractivity contribution is 7.89. The van der Waals surface area contributed by atoms with Gasteiger partial charge in [-0.05, 0) is 32.9 Å². The molecular formula is C16H22N2O6S. The molecule has 1 aromatic carbocycles. The number of amides is 1. The number of carbonyl (C=O) groups excluding carboxylic acids is 1. The Morgan fingerprint density at radius 1 is 1.36 bits per heavy atom. The fourth-order valence-electron chi connectivity index (χ4n) is 3.10. The van der Waals surface area contributed by atoms with E-state index in [1.54, 1.807) is 26.0 Å². The van der Waals surface area contributed by atoms with Gasteiger partial charge >= 0.3 is 0 Å². The van der Waals surface area contributed by atoms with Crippen molar-refractivity contribution < 1.29 is 27.8 Å². The number of sulfonamides is 1. The maximum absolute atomic E-state index is 12.8. The monoisotopic (exact) mass is 370 g/mol. The molecule has 1 amide bonds. The molecule has 1 aromatic rings. The van der Waals surface area contributed by atoms with Crippen molar-refractivity contribution >= 4 is 15.9 Å². The second-order valence-corrected chi connectivity index (χ2v) is 8.69. The standard InChI is InChI=1S/C16H22N2O6S/c1-9-4-6-10(7-5-9)25(21,22)18-12(13(18)15(17)20)14(19)11-8-23-16(2,3)24-11/h4-7,11-14,19H,8H2,1-3H3,(H2,17,20)/t11-,12+,13+,14+,18?/m1/s1. The Hall–Kier alpha value is -1.52. The van der Waals surface area contributed by atoms with Crippen molar-refractivity contribution in [3.05, 3.63) is 29.8 Å². The van der Waals surface area contributed by atoms with Gasteiger partial charge in [0.2, 0.25) is 15.9 Å². The number of hydrogen-bond donors (Lipinski definition) is 2. The summed E-state index contributed by atoms with van der Waals surface area (Å²) in [7, 11) is -3.95. The zero-order chi connectivity index (χ0) is 18.6. The van der Waals surface area contributed by atoms with Gasteiger partial charge < -0.3 is 20.3 Å². The van der Waals surface area contributed by atoms with Crippen molar-refractivity contribution in [3.63, 3.8) is 0 Å². The fraction of sp³-hybridized carbons (Fsp3) is 0.562. The van der Waals surface area contributed by atoms with Gasteiger partial charge in [-0.15, -0.1) is 0 Å². The van der Waals surface area contributed by atoms with Crippen molar-refractivity contribution in [2.24, 2.45) is 5.73 Å². The first-order chi connectivity index (χ1) is 11.5. The molecule has 2 aliphatic heterocycles. The molecule has 2 saturated heterocycles. The number of aliphatic hydroxyl groups is 1. The molecule has 2 heterocycles. The molecular weight excluding hydrogens is 348 g/mol. The Morgan fingerprint density at radius 3 is 2.44 bits per heavy atom. The van der Waals surface area contributed by atoms with Crippen LogP contribution >= 0.6 is 0 Å². The molecule has 0 bridgehead atoms. The zero-order valence-corrected chi connectivity index (χ0v) is 15.1. The van der Waals surface area contributed by atoms with Crippen LogP contribution < -0.4 is 5.73 Å². The molecule has 8 nitrogen and oxygen atoms in total. The van der Waals surface area contributed by atoms with Gasteiger partial charge in [-0.3, -0.25) is 4.79 Å². The minimum absolute atomic E-state index is 0.0444. The van der Waals surface area contributed by atoms with Gasteiger partial charge in [0, 0.05) is 0 Å². The maximum Gasteiger partial charge on any atom is 0.244 e. The third-order valence-electron chi connectivity index (χ3n) is 4.45. The zero-order valence-electron chi connectivity index (χ0n) is 14.2. The number of aryl methyl sites for hydroxylation is 1. The molecule has 1 unspecified atom stereocenters. The third kappa shape index (κ3) is 3.30. The van der Waals surface area contributed by atoms with E-state index in [-0.39, 0.29) is 11.5 Å². The number of nitrogens with two attached hydrogens (primary N) is 1. The molecule has 3 N–H and O–H groups in total. The molecule has 3 rings (SSSR count). The van der Waals surface area contributed by atoms with Crippen LogP contribution in [0.5, 0.6) is 0 Å². The fourth-order valence-corrected chi connectivity index (χ4v) is 4.86. The summed E-state index contributed by atoms with van der Waals surface area (Å²) in [5, 5.41) is 10.5. The highest BCUT2D eigenvalue weighted by Gasteiger charge is 2.64. The second kappa shape index (κ2) is 6.03. The van der Waals surface area contributed by atoms with Crippen LogP contribution in [-0.4, -0.2) is 60.4 Å². The van der Waals surface area contributed by atoms with Crippen molar-refractivity contribution in [3.8, 4) is 0 Å². The average Bonchev–Trinajstić information content (AvgIpc) is 3.19. The predicted octanol–water partition coefficient (Wildman–Crippen LogP) is -0.266. The van der Waals surface area contributed by atoms with Gasteiger partial charge in [0.1, 0.15) is 18.2 Å². The highest BCUT2D eigenvalue weighted by Crippen LogP contribution is 2.40. The van der Waals surface area contributed by atoms with E-state index in [9.17, 15) is 18.3 Å². The van der Waals surface area contributed by atoms with Crippen molar-refractivity contribution in [1.82, 2.24) is 4.31 Å². The van der Waals surface area contributed by atoms with Gasteiger partial charge in [0.25, 0.3) is 0 Å². The molecule has 5 atom stereocenters. The summed E-state index contributed by atoms with van der Waals surface area (Å²) in [5.74, 6) is -1.68. The van der Waals surface area contributed by atoms with E-state index >= 15 is 0 Å². The normalized spacial score (nSPS) is 32.3. The van der Waals surface area contributed by atoms with E-state index < -0.39 is 46.0 Å². The number of primary amides is 1. The van der Waals surface area contributed by atoms with Gasteiger partial charge in [0.05, 0.1) is 17.5 Å². The van der Waals surface area contributed by atoms with Crippen LogP contribution in [0.25, 0.3) is 0 Å². The van der Waals surface area contributed by atoms with Crippen LogP contribution in [0.2, 0.25) is 0 Å². The summed E-state index contributed by atoms with van der Waals surface area (Å²) in [6, 6.07) is 4.18. The molecule has 0 spiro atoms. The number of ether oxygens (including phenoxy) is 2. The summed E-state index contributed by atoms with van der Waals surface area (Å²) in [5.41, 5.74) is 6.25. The van der Waals surface area contributed by atoms with E-state index in [1.165, 1.54) is 12.1 Å². The Balaban J connectivity index is 1.85. The molecule has 9 heteroatoms. The van der Waals surface area contributed by atoms with Crippen molar-refractivity contribution in [2.45, 2.75) is 55.7 Å². The lowest BCUT2D eigenvalue weighted by Crippen LogP contribution is -2.38. The molecule has 0 aromatic heterocycles. The van der Waals surface area contributed by atoms with Crippen LogP contribution in [0.1, 0.15) is 19.4 Å². The predicted molar refractivity (Wildman–Crippen MR) is 87.9 cm³/mol. The SMILES string of the molecule is Cc1ccc(S(=O)(=O)N2[C@H]([C@@H](O)[C@H]3COC(C)(C)O3)[C@H]2C(N)=O)cc1. The third-order valence-corrected chi connectivity index (χ3v) is 6.34. The van der Waals surface area contributed by atoms with Crippen LogP contribution in [0, 0.1) is 6.92 Å². The van der Waals surface area contributed by atoms with Gasteiger partial charge in [-0.1, -0.05) is 17.7 Å². The molecule has 0 radical (unpaired) electrons. The quantitative estimate of drug-likeness (QED) is 0.689. The first-order valence-corrected chi connectivity index (χ1v) is 9.38. The topological polar surface area (TPSA) is 119 Å². The molecule has 138 valence electrons. The van der Waals surface area contributed by atoms with E-state index in [0.29, 0.717) is 0 Å². The summed E-state index contributed by atoms with van der Waals surface area (Å²) in [6.45, 7) is 5.33. The largest absolute Gasteiger partial charge is 0.389 e. The molecule has 0 aliphatic carbocycles. The molecule has 2 aliphatic rings. The highest BCUT2D eigenvalue weighted by atomic mass is 32.2. The Morgan fingerprint density at radius 2 is 1.96 bits per heavy atom. The van der Waals surface area contributed by atoms with Crippen LogP contribution in [0.3, 0.4) is 0 Å². The van der Waals surface area contributed by atoms with Gasteiger partial charge in [-0.25, -0.2) is 8.42 Å². The number of benzene rings is 1.